The predicted molar refractivity (Wildman–Crippen MR) is 87.4 cm³/mol. The summed E-state index contributed by atoms with van der Waals surface area (Å²) in [6.07, 6.45) is -1.06. The number of carbonyl (C=O) groups is 1. The van der Waals surface area contributed by atoms with E-state index in [1.807, 2.05) is 25.1 Å². The third kappa shape index (κ3) is 4.68. The van der Waals surface area contributed by atoms with Crippen molar-refractivity contribution in [2.75, 3.05) is 18.1 Å². The van der Waals surface area contributed by atoms with Gasteiger partial charge in [-0.05, 0) is 30.0 Å². The van der Waals surface area contributed by atoms with Crippen LogP contribution in [0.25, 0.3) is 0 Å². The van der Waals surface area contributed by atoms with Crippen LogP contribution >= 0.6 is 0 Å². The summed E-state index contributed by atoms with van der Waals surface area (Å²) in [4.78, 5) is 11.9. The number of sulfone groups is 1. The molecule has 1 aromatic carbocycles. The van der Waals surface area contributed by atoms with E-state index in [1.165, 1.54) is 0 Å². The first kappa shape index (κ1) is 17.7. The van der Waals surface area contributed by atoms with Crippen LogP contribution in [0.2, 0.25) is 0 Å². The van der Waals surface area contributed by atoms with E-state index in [2.05, 4.69) is 19.2 Å². The fourth-order valence-electron chi connectivity index (χ4n) is 2.49. The minimum atomic E-state index is -3.28. The van der Waals surface area contributed by atoms with Crippen LogP contribution in [0.4, 0.5) is 0 Å². The molecular formula is C16H23NO5S. The van der Waals surface area contributed by atoms with Gasteiger partial charge in [-0.2, -0.15) is 0 Å². The van der Waals surface area contributed by atoms with Crippen molar-refractivity contribution in [3.63, 3.8) is 0 Å². The van der Waals surface area contributed by atoms with E-state index >= 15 is 0 Å². The molecule has 7 heteroatoms. The summed E-state index contributed by atoms with van der Waals surface area (Å²) < 4.78 is 28.4. The molecule has 2 rings (SSSR count). The van der Waals surface area contributed by atoms with Gasteiger partial charge in [-0.1, -0.05) is 26.0 Å². The van der Waals surface area contributed by atoms with Crippen molar-refractivity contribution in [3.05, 3.63) is 29.3 Å². The van der Waals surface area contributed by atoms with E-state index in [-0.39, 0.29) is 18.1 Å². The summed E-state index contributed by atoms with van der Waals surface area (Å²) in [6.45, 7) is 5.82. The second-order valence-corrected chi connectivity index (χ2v) is 8.44. The normalized spacial score (nSPS) is 23.0. The van der Waals surface area contributed by atoms with Crippen LogP contribution in [0.5, 0.6) is 5.75 Å². The average Bonchev–Trinajstić information content (AvgIpc) is 2.70. The van der Waals surface area contributed by atoms with E-state index in [1.54, 1.807) is 0 Å². The number of nitrogens with one attached hydrogen (secondary N) is 1. The van der Waals surface area contributed by atoms with Gasteiger partial charge in [0, 0.05) is 0 Å². The number of rotatable bonds is 5. The number of amides is 1. The Labute approximate surface area is 136 Å². The smallest absolute Gasteiger partial charge is 0.258 e. The molecule has 0 unspecified atom stereocenters. The summed E-state index contributed by atoms with van der Waals surface area (Å²) in [6, 6.07) is 5.10. The van der Waals surface area contributed by atoms with Gasteiger partial charge in [0.25, 0.3) is 5.91 Å². The van der Waals surface area contributed by atoms with Crippen molar-refractivity contribution in [1.82, 2.24) is 5.32 Å². The highest BCUT2D eigenvalue weighted by molar-refractivity contribution is 7.91. The zero-order chi connectivity index (χ0) is 17.2. The van der Waals surface area contributed by atoms with Crippen LogP contribution in [0, 0.1) is 6.92 Å². The van der Waals surface area contributed by atoms with E-state index in [9.17, 15) is 18.3 Å². The van der Waals surface area contributed by atoms with Crippen LogP contribution in [-0.4, -0.2) is 49.7 Å². The third-order valence-electron chi connectivity index (χ3n) is 3.91. The maximum atomic E-state index is 11.9. The Morgan fingerprint density at radius 1 is 1.39 bits per heavy atom. The standard InChI is InChI=1S/C16H23NO5S/c1-10(2)12-5-4-11(3)15(6-12)22-7-16(19)17-13-8-23(20,21)9-14(13)18/h4-6,10,13-14,18H,7-9H2,1-3H3,(H,17,19)/t13-,14-/m1/s1. The second-order valence-electron chi connectivity index (χ2n) is 6.29. The number of aliphatic hydroxyl groups is 1. The molecule has 0 bridgehead atoms. The van der Waals surface area contributed by atoms with Gasteiger partial charge in [-0.25, -0.2) is 8.42 Å². The lowest BCUT2D eigenvalue weighted by Gasteiger charge is -2.16. The Kier molecular flexibility index (Phi) is 5.31. The van der Waals surface area contributed by atoms with Gasteiger partial charge in [0.2, 0.25) is 0 Å². The number of carbonyl (C=O) groups excluding carboxylic acids is 1. The van der Waals surface area contributed by atoms with E-state index < -0.39 is 27.9 Å². The molecule has 2 N–H and O–H groups in total. The van der Waals surface area contributed by atoms with Gasteiger partial charge in [0.1, 0.15) is 5.75 Å². The molecule has 1 aromatic rings. The number of benzene rings is 1. The zero-order valence-corrected chi connectivity index (χ0v) is 14.4. The predicted octanol–water partition coefficient (Wildman–Crippen LogP) is 0.771. The van der Waals surface area contributed by atoms with Crippen molar-refractivity contribution in [2.24, 2.45) is 0 Å². The molecule has 2 atom stereocenters. The second kappa shape index (κ2) is 6.88. The minimum Gasteiger partial charge on any atom is -0.483 e. The third-order valence-corrected chi connectivity index (χ3v) is 5.62. The topological polar surface area (TPSA) is 92.7 Å². The molecule has 128 valence electrons. The van der Waals surface area contributed by atoms with Crippen molar-refractivity contribution >= 4 is 15.7 Å². The van der Waals surface area contributed by atoms with Crippen LogP contribution in [0.1, 0.15) is 30.9 Å². The Hall–Kier alpha value is -1.60. The Morgan fingerprint density at radius 3 is 2.65 bits per heavy atom. The first-order chi connectivity index (χ1) is 10.7. The lowest BCUT2D eigenvalue weighted by molar-refractivity contribution is -0.124. The number of aliphatic hydroxyl groups excluding tert-OH is 1. The minimum absolute atomic E-state index is 0.217. The van der Waals surface area contributed by atoms with Crippen LogP contribution in [0.15, 0.2) is 18.2 Å². The highest BCUT2D eigenvalue weighted by Crippen LogP contribution is 2.24. The van der Waals surface area contributed by atoms with Gasteiger partial charge in [-0.3, -0.25) is 4.79 Å². The number of hydrogen-bond donors (Lipinski definition) is 2. The summed E-state index contributed by atoms with van der Waals surface area (Å²) >= 11 is 0. The molecule has 1 aliphatic rings. The first-order valence-electron chi connectivity index (χ1n) is 7.59. The molecule has 1 fully saturated rings. The summed E-state index contributed by atoms with van der Waals surface area (Å²) in [5.74, 6) is -0.00658. The molecule has 1 aliphatic heterocycles. The number of hydrogen-bond acceptors (Lipinski definition) is 5. The van der Waals surface area contributed by atoms with Gasteiger partial charge in [0.05, 0.1) is 23.7 Å². The van der Waals surface area contributed by atoms with Gasteiger partial charge in [-0.15, -0.1) is 0 Å². The zero-order valence-electron chi connectivity index (χ0n) is 13.6. The van der Waals surface area contributed by atoms with E-state index in [0.717, 1.165) is 11.1 Å². The first-order valence-corrected chi connectivity index (χ1v) is 9.41. The van der Waals surface area contributed by atoms with Crippen molar-refractivity contribution < 1.29 is 23.1 Å². The maximum absolute atomic E-state index is 11.9. The van der Waals surface area contributed by atoms with Crippen LogP contribution < -0.4 is 10.1 Å². The molecule has 0 saturated carbocycles. The molecule has 23 heavy (non-hydrogen) atoms. The van der Waals surface area contributed by atoms with Crippen molar-refractivity contribution in [1.29, 1.82) is 0 Å². The van der Waals surface area contributed by atoms with Crippen LogP contribution in [-0.2, 0) is 14.6 Å². The Balaban J connectivity index is 1.93. The lowest BCUT2D eigenvalue weighted by atomic mass is 10.0. The maximum Gasteiger partial charge on any atom is 0.258 e. The van der Waals surface area contributed by atoms with E-state index in [0.29, 0.717) is 11.7 Å². The Bertz CT molecular complexity index is 684. The highest BCUT2D eigenvalue weighted by atomic mass is 32.2. The quantitative estimate of drug-likeness (QED) is 0.825. The molecule has 6 nitrogen and oxygen atoms in total. The fourth-order valence-corrected chi connectivity index (χ4v) is 4.23. The molecule has 1 heterocycles. The SMILES string of the molecule is Cc1ccc(C(C)C)cc1OCC(=O)N[C@@H]1CS(=O)(=O)C[C@H]1O. The molecule has 1 saturated heterocycles. The summed E-state index contributed by atoms with van der Waals surface area (Å²) in [5.41, 5.74) is 2.04. The summed E-state index contributed by atoms with van der Waals surface area (Å²) in [7, 11) is -3.28. The monoisotopic (exact) mass is 341 g/mol. The number of ether oxygens (including phenoxy) is 1. The van der Waals surface area contributed by atoms with Crippen molar-refractivity contribution in [3.8, 4) is 5.75 Å². The Morgan fingerprint density at radius 2 is 2.09 bits per heavy atom. The molecule has 0 spiro atoms. The van der Waals surface area contributed by atoms with Crippen molar-refractivity contribution in [2.45, 2.75) is 38.8 Å². The largest absolute Gasteiger partial charge is 0.483 e. The average molecular weight is 341 g/mol. The molecule has 0 radical (unpaired) electrons. The fraction of sp³-hybridized carbons (Fsp3) is 0.562. The summed E-state index contributed by atoms with van der Waals surface area (Å²) in [5, 5.41) is 12.2. The molecule has 0 aliphatic carbocycles. The van der Waals surface area contributed by atoms with Gasteiger partial charge >= 0.3 is 0 Å². The lowest BCUT2D eigenvalue weighted by Crippen LogP contribution is -2.44. The molecule has 0 aromatic heterocycles. The van der Waals surface area contributed by atoms with Crippen LogP contribution in [0.3, 0.4) is 0 Å². The highest BCUT2D eigenvalue weighted by Gasteiger charge is 2.37. The molecule has 1 amide bonds. The van der Waals surface area contributed by atoms with E-state index in [4.69, 9.17) is 4.74 Å². The van der Waals surface area contributed by atoms with Gasteiger partial charge in [0.15, 0.2) is 16.4 Å². The van der Waals surface area contributed by atoms with Gasteiger partial charge < -0.3 is 15.2 Å². The number of aryl methyl sites for hydroxylation is 1. The molecular weight excluding hydrogens is 318 g/mol.